The van der Waals surface area contributed by atoms with Crippen molar-refractivity contribution in [3.8, 4) is 0 Å². The first-order valence-electron chi connectivity index (χ1n) is 9.66. The highest BCUT2D eigenvalue weighted by molar-refractivity contribution is 7.92. The molecule has 7 heteroatoms. The molecule has 28 heavy (non-hydrogen) atoms. The molecule has 1 aliphatic rings. The lowest BCUT2D eigenvalue weighted by atomic mass is 10.0. The highest BCUT2D eigenvalue weighted by Crippen LogP contribution is 2.23. The van der Waals surface area contributed by atoms with E-state index in [1.807, 2.05) is 6.07 Å². The summed E-state index contributed by atoms with van der Waals surface area (Å²) < 4.78 is 27.1. The first kappa shape index (κ1) is 20.4. The number of piperidine rings is 1. The molecule has 1 amide bonds. The second-order valence-corrected chi connectivity index (χ2v) is 9.34. The number of quaternary nitrogens is 1. The molecule has 0 aromatic heterocycles. The largest absolute Gasteiger partial charge is 0.325 e. The predicted molar refractivity (Wildman–Crippen MR) is 111 cm³/mol. The third-order valence-electron chi connectivity index (χ3n) is 5.37. The zero-order valence-corrected chi connectivity index (χ0v) is 17.2. The smallest absolute Gasteiger partial charge is 0.279 e. The van der Waals surface area contributed by atoms with E-state index in [1.54, 1.807) is 42.5 Å². The fourth-order valence-corrected chi connectivity index (χ4v) is 4.84. The number of sulfonamides is 1. The van der Waals surface area contributed by atoms with E-state index in [0.29, 0.717) is 24.0 Å². The van der Waals surface area contributed by atoms with Crippen molar-refractivity contribution < 1.29 is 18.1 Å². The van der Waals surface area contributed by atoms with Gasteiger partial charge in [-0.15, -0.1) is 0 Å². The van der Waals surface area contributed by atoms with Crippen LogP contribution in [0.15, 0.2) is 59.5 Å². The van der Waals surface area contributed by atoms with Gasteiger partial charge in [0.1, 0.15) is 0 Å². The summed E-state index contributed by atoms with van der Waals surface area (Å²) in [6.07, 6.45) is 3.51. The highest BCUT2D eigenvalue weighted by atomic mass is 32.2. The number of rotatable bonds is 6. The first-order chi connectivity index (χ1) is 13.4. The SMILES string of the molecule is C[C@H]1CCCC[NH+]1CC(=O)Nc1cccc(S(=O)(=O)N(C)c2ccccc2)c1. The third kappa shape index (κ3) is 4.72. The van der Waals surface area contributed by atoms with E-state index in [-0.39, 0.29) is 10.8 Å². The molecule has 0 radical (unpaired) electrons. The van der Waals surface area contributed by atoms with Crippen molar-refractivity contribution >= 4 is 27.3 Å². The molecule has 150 valence electrons. The molecule has 1 fully saturated rings. The third-order valence-corrected chi connectivity index (χ3v) is 7.15. The van der Waals surface area contributed by atoms with E-state index in [9.17, 15) is 13.2 Å². The number of para-hydroxylation sites is 1. The number of carbonyl (C=O) groups excluding carboxylic acids is 1. The van der Waals surface area contributed by atoms with E-state index in [1.165, 1.54) is 28.7 Å². The van der Waals surface area contributed by atoms with Crippen LogP contribution >= 0.6 is 0 Å². The molecule has 6 nitrogen and oxygen atoms in total. The maximum atomic E-state index is 12.9. The molecular weight excluding hydrogens is 374 g/mol. The summed E-state index contributed by atoms with van der Waals surface area (Å²) in [6.45, 7) is 3.58. The zero-order valence-electron chi connectivity index (χ0n) is 16.4. The molecule has 1 unspecified atom stereocenters. The molecular formula is C21H28N3O3S+. The average molecular weight is 403 g/mol. The van der Waals surface area contributed by atoms with E-state index in [0.717, 1.165) is 19.4 Å². The minimum absolute atomic E-state index is 0.0882. The van der Waals surface area contributed by atoms with Gasteiger partial charge in [0, 0.05) is 12.7 Å². The zero-order chi connectivity index (χ0) is 20.1. The van der Waals surface area contributed by atoms with Gasteiger partial charge in [0.15, 0.2) is 6.54 Å². The molecule has 0 bridgehead atoms. The van der Waals surface area contributed by atoms with Crippen molar-refractivity contribution in [3.63, 3.8) is 0 Å². The Hall–Kier alpha value is -2.38. The van der Waals surface area contributed by atoms with Crippen LogP contribution in [-0.2, 0) is 14.8 Å². The Labute approximate surface area is 167 Å². The predicted octanol–water partition coefficient (Wildman–Crippen LogP) is 1.91. The number of hydrogen-bond donors (Lipinski definition) is 2. The van der Waals surface area contributed by atoms with Crippen molar-refractivity contribution in [1.29, 1.82) is 0 Å². The van der Waals surface area contributed by atoms with Gasteiger partial charge in [-0.3, -0.25) is 9.10 Å². The van der Waals surface area contributed by atoms with Crippen LogP contribution in [0.4, 0.5) is 11.4 Å². The summed E-state index contributed by atoms with van der Waals surface area (Å²) in [5, 5.41) is 2.86. The second kappa shape index (κ2) is 8.75. The van der Waals surface area contributed by atoms with Crippen LogP contribution in [-0.4, -0.2) is 40.5 Å². The number of anilines is 2. The number of nitrogens with zero attached hydrogens (tertiary/aromatic N) is 1. The molecule has 2 aromatic carbocycles. The number of benzene rings is 2. The molecule has 0 saturated carbocycles. The molecule has 3 rings (SSSR count). The Balaban J connectivity index is 1.72. The average Bonchev–Trinajstić information content (AvgIpc) is 2.70. The normalized spacial score (nSPS) is 19.8. The minimum atomic E-state index is -3.71. The highest BCUT2D eigenvalue weighted by Gasteiger charge is 2.25. The standard InChI is InChI=1S/C21H27N3O3S/c1-17-9-6-7-14-24(17)16-21(25)22-18-10-8-13-20(15-18)28(26,27)23(2)19-11-4-3-5-12-19/h3-5,8,10-13,15,17H,6-7,9,14,16H2,1-2H3,(H,22,25)/p+1/t17-/m0/s1. The second-order valence-electron chi connectivity index (χ2n) is 7.37. The summed E-state index contributed by atoms with van der Waals surface area (Å²) in [4.78, 5) is 13.9. The number of likely N-dealkylation sites (tertiary alicyclic amines) is 1. The Morgan fingerprint density at radius 1 is 1.14 bits per heavy atom. The van der Waals surface area contributed by atoms with Gasteiger partial charge in [0.05, 0.1) is 23.2 Å². The maximum Gasteiger partial charge on any atom is 0.279 e. The number of nitrogens with one attached hydrogen (secondary N) is 2. The summed E-state index contributed by atoms with van der Waals surface area (Å²) >= 11 is 0. The number of amides is 1. The van der Waals surface area contributed by atoms with Gasteiger partial charge < -0.3 is 10.2 Å². The van der Waals surface area contributed by atoms with Gasteiger partial charge >= 0.3 is 0 Å². The van der Waals surface area contributed by atoms with Crippen molar-refractivity contribution in [2.45, 2.75) is 37.1 Å². The molecule has 2 atom stereocenters. The van der Waals surface area contributed by atoms with Crippen molar-refractivity contribution in [1.82, 2.24) is 0 Å². The van der Waals surface area contributed by atoms with Crippen LogP contribution in [0.25, 0.3) is 0 Å². The topological polar surface area (TPSA) is 70.9 Å². The van der Waals surface area contributed by atoms with E-state index in [4.69, 9.17) is 0 Å². The van der Waals surface area contributed by atoms with Crippen molar-refractivity contribution in [3.05, 3.63) is 54.6 Å². The Morgan fingerprint density at radius 3 is 2.61 bits per heavy atom. The molecule has 0 aliphatic carbocycles. The lowest BCUT2D eigenvalue weighted by Crippen LogP contribution is -3.17. The summed E-state index contributed by atoms with van der Waals surface area (Å²) in [5.41, 5.74) is 1.08. The first-order valence-corrected chi connectivity index (χ1v) is 11.1. The quantitative estimate of drug-likeness (QED) is 0.775. The van der Waals surface area contributed by atoms with E-state index in [2.05, 4.69) is 12.2 Å². The Bertz CT molecular complexity index is 916. The van der Waals surface area contributed by atoms with Gasteiger partial charge in [0.25, 0.3) is 15.9 Å². The van der Waals surface area contributed by atoms with Crippen LogP contribution in [0, 0.1) is 0 Å². The Morgan fingerprint density at radius 2 is 1.89 bits per heavy atom. The fourth-order valence-electron chi connectivity index (χ4n) is 3.60. The van der Waals surface area contributed by atoms with Crippen LogP contribution in [0.2, 0.25) is 0 Å². The molecule has 1 saturated heterocycles. The van der Waals surface area contributed by atoms with Gasteiger partial charge in [-0.2, -0.15) is 0 Å². The molecule has 2 aromatic rings. The maximum absolute atomic E-state index is 12.9. The lowest BCUT2D eigenvalue weighted by Gasteiger charge is -2.29. The monoisotopic (exact) mass is 402 g/mol. The number of carbonyl (C=O) groups is 1. The summed E-state index contributed by atoms with van der Waals surface area (Å²) in [6, 6.07) is 15.8. The van der Waals surface area contributed by atoms with Crippen LogP contribution in [0.3, 0.4) is 0 Å². The van der Waals surface area contributed by atoms with Gasteiger partial charge in [-0.05, 0) is 56.5 Å². The van der Waals surface area contributed by atoms with Crippen molar-refractivity contribution in [2.75, 3.05) is 29.8 Å². The molecule has 1 aliphatic heterocycles. The Kier molecular flexibility index (Phi) is 6.36. The molecule has 2 N–H and O–H groups in total. The van der Waals surface area contributed by atoms with Crippen molar-refractivity contribution in [2.24, 2.45) is 0 Å². The molecule has 0 spiro atoms. The van der Waals surface area contributed by atoms with Crippen LogP contribution < -0.4 is 14.5 Å². The van der Waals surface area contributed by atoms with Gasteiger partial charge in [0.2, 0.25) is 0 Å². The van der Waals surface area contributed by atoms with Crippen LogP contribution in [0.5, 0.6) is 0 Å². The van der Waals surface area contributed by atoms with Gasteiger partial charge in [-0.25, -0.2) is 8.42 Å². The number of hydrogen-bond acceptors (Lipinski definition) is 3. The van der Waals surface area contributed by atoms with Crippen LogP contribution in [0.1, 0.15) is 26.2 Å². The van der Waals surface area contributed by atoms with E-state index < -0.39 is 10.0 Å². The minimum Gasteiger partial charge on any atom is -0.325 e. The fraction of sp³-hybridized carbons (Fsp3) is 0.381. The lowest BCUT2D eigenvalue weighted by molar-refractivity contribution is -0.920. The summed E-state index contributed by atoms with van der Waals surface area (Å²) in [5.74, 6) is -0.0882. The summed E-state index contributed by atoms with van der Waals surface area (Å²) in [7, 11) is -2.18. The van der Waals surface area contributed by atoms with Gasteiger partial charge in [-0.1, -0.05) is 24.3 Å². The molecule has 1 heterocycles. The van der Waals surface area contributed by atoms with E-state index >= 15 is 0 Å².